The highest BCUT2D eigenvalue weighted by molar-refractivity contribution is 6.04. The third-order valence-corrected chi connectivity index (χ3v) is 5.28. The van der Waals surface area contributed by atoms with Crippen LogP contribution in [0.5, 0.6) is 11.5 Å². The highest BCUT2D eigenvalue weighted by Crippen LogP contribution is 2.32. The zero-order chi connectivity index (χ0) is 23.0. The van der Waals surface area contributed by atoms with Crippen LogP contribution in [0.2, 0.25) is 0 Å². The Morgan fingerprint density at radius 3 is 2.21 bits per heavy atom. The zero-order valence-electron chi connectivity index (χ0n) is 18.7. The van der Waals surface area contributed by atoms with Gasteiger partial charge in [0.25, 0.3) is 0 Å². The fourth-order valence-electron chi connectivity index (χ4n) is 3.52. The van der Waals surface area contributed by atoms with Gasteiger partial charge in [-0.05, 0) is 53.9 Å². The Kier molecular flexibility index (Phi) is 7.09. The number of aliphatic imine (C=N–C) groups is 2. The molecule has 1 unspecified atom stereocenters. The smallest absolute Gasteiger partial charge is 0.221 e. The van der Waals surface area contributed by atoms with E-state index in [4.69, 9.17) is 20.9 Å². The number of guanidine groups is 2. The number of hydrogen-bond donors (Lipinski definition) is 2. The van der Waals surface area contributed by atoms with Crippen molar-refractivity contribution in [2.24, 2.45) is 21.5 Å². The molecule has 0 saturated carbocycles. The maximum absolute atomic E-state index is 6.27. The van der Waals surface area contributed by atoms with Gasteiger partial charge in [-0.1, -0.05) is 55.8 Å². The van der Waals surface area contributed by atoms with Crippen LogP contribution >= 0.6 is 0 Å². The molecule has 3 aromatic carbocycles. The van der Waals surface area contributed by atoms with E-state index >= 15 is 0 Å². The number of anilines is 1. The molecule has 0 bridgehead atoms. The lowest BCUT2D eigenvalue weighted by molar-refractivity contribution is 0.306. The van der Waals surface area contributed by atoms with E-state index in [1.165, 1.54) is 0 Å². The highest BCUT2D eigenvalue weighted by Gasteiger charge is 2.27. The molecule has 0 radical (unpaired) electrons. The normalized spacial score (nSPS) is 15.5. The second-order valence-corrected chi connectivity index (χ2v) is 7.74. The van der Waals surface area contributed by atoms with Gasteiger partial charge in [0.1, 0.15) is 18.1 Å². The number of hydrogen-bond acceptors (Lipinski definition) is 7. The summed E-state index contributed by atoms with van der Waals surface area (Å²) in [5.74, 6) is 2.03. The molecule has 7 heteroatoms. The summed E-state index contributed by atoms with van der Waals surface area (Å²) in [7, 11) is 0. The first-order valence-corrected chi connectivity index (χ1v) is 11.1. The first kappa shape index (κ1) is 22.2. The summed E-state index contributed by atoms with van der Waals surface area (Å²) >= 11 is 0. The molecule has 7 nitrogen and oxygen atoms in total. The van der Waals surface area contributed by atoms with Crippen molar-refractivity contribution >= 4 is 17.6 Å². The first-order chi connectivity index (χ1) is 16.1. The molecular formula is C26H29N5O2. The van der Waals surface area contributed by atoms with E-state index in [1.807, 2.05) is 83.8 Å². The SMILES string of the molecule is CCCCOc1ccc(C2N=C(N)N=C(N)N2c2ccc(OCc3ccccc3)cc2)cc1. The molecule has 1 atom stereocenters. The van der Waals surface area contributed by atoms with Gasteiger partial charge in [0.2, 0.25) is 11.9 Å². The van der Waals surface area contributed by atoms with Crippen LogP contribution in [0.1, 0.15) is 37.1 Å². The van der Waals surface area contributed by atoms with Crippen LogP contribution in [-0.4, -0.2) is 18.5 Å². The van der Waals surface area contributed by atoms with Crippen LogP contribution < -0.4 is 25.8 Å². The van der Waals surface area contributed by atoms with Gasteiger partial charge in [-0.3, -0.25) is 4.90 Å². The Hall–Kier alpha value is -4.00. The van der Waals surface area contributed by atoms with Gasteiger partial charge >= 0.3 is 0 Å². The maximum atomic E-state index is 6.27. The Labute approximate surface area is 194 Å². The zero-order valence-corrected chi connectivity index (χ0v) is 18.7. The lowest BCUT2D eigenvalue weighted by Gasteiger charge is -2.32. The van der Waals surface area contributed by atoms with Crippen LogP contribution in [-0.2, 0) is 6.61 Å². The summed E-state index contributed by atoms with van der Waals surface area (Å²) in [5, 5.41) is 0. The highest BCUT2D eigenvalue weighted by atomic mass is 16.5. The van der Waals surface area contributed by atoms with E-state index in [1.54, 1.807) is 0 Å². The van der Waals surface area contributed by atoms with Crippen molar-refractivity contribution < 1.29 is 9.47 Å². The second kappa shape index (κ2) is 10.5. The summed E-state index contributed by atoms with van der Waals surface area (Å²) in [4.78, 5) is 10.6. The molecular weight excluding hydrogens is 414 g/mol. The minimum Gasteiger partial charge on any atom is -0.494 e. The number of nitrogens with zero attached hydrogens (tertiary/aromatic N) is 3. The molecule has 170 valence electrons. The molecule has 0 amide bonds. The summed E-state index contributed by atoms with van der Waals surface area (Å²) in [6.45, 7) is 3.35. The van der Waals surface area contributed by atoms with Crippen LogP contribution in [0.3, 0.4) is 0 Å². The van der Waals surface area contributed by atoms with E-state index in [0.717, 1.165) is 41.2 Å². The average Bonchev–Trinajstić information content (AvgIpc) is 2.84. The summed E-state index contributed by atoms with van der Waals surface area (Å²) in [6.07, 6.45) is 1.69. The van der Waals surface area contributed by atoms with Crippen LogP contribution in [0.25, 0.3) is 0 Å². The van der Waals surface area contributed by atoms with Gasteiger partial charge in [-0.15, -0.1) is 0 Å². The first-order valence-electron chi connectivity index (χ1n) is 11.1. The van der Waals surface area contributed by atoms with E-state index in [9.17, 15) is 0 Å². The lowest BCUT2D eigenvalue weighted by atomic mass is 10.1. The van der Waals surface area contributed by atoms with Gasteiger partial charge < -0.3 is 20.9 Å². The maximum Gasteiger partial charge on any atom is 0.221 e. The fourth-order valence-corrected chi connectivity index (χ4v) is 3.52. The summed E-state index contributed by atoms with van der Waals surface area (Å²) < 4.78 is 11.7. The number of nitrogens with two attached hydrogens (primary N) is 2. The average molecular weight is 444 g/mol. The molecule has 3 aromatic rings. The molecule has 0 fully saturated rings. The lowest BCUT2D eigenvalue weighted by Crippen LogP contribution is -2.44. The minimum absolute atomic E-state index is 0.153. The standard InChI is InChI=1S/C26H29N5O2/c1-2-3-17-32-22-13-9-20(10-14-22)24-29-25(27)30-26(28)31(24)21-11-15-23(16-12-21)33-18-19-7-5-4-6-8-19/h4-16,24H,2-3,17-18H2,1H3,(H4,27,28,29,30). The molecule has 1 heterocycles. The minimum atomic E-state index is -0.428. The van der Waals surface area contributed by atoms with Crippen molar-refractivity contribution in [3.8, 4) is 11.5 Å². The molecule has 1 aliphatic heterocycles. The van der Waals surface area contributed by atoms with Gasteiger partial charge in [-0.2, -0.15) is 4.99 Å². The third kappa shape index (κ3) is 5.63. The summed E-state index contributed by atoms with van der Waals surface area (Å²) in [6, 6.07) is 25.6. The molecule has 1 aliphatic rings. The molecule has 4 N–H and O–H groups in total. The van der Waals surface area contributed by atoms with Gasteiger partial charge in [0, 0.05) is 5.69 Å². The van der Waals surface area contributed by atoms with Crippen LogP contribution in [0, 0.1) is 0 Å². The predicted octanol–water partition coefficient (Wildman–Crippen LogP) is 4.59. The Bertz CT molecular complexity index is 1100. The molecule has 0 aromatic heterocycles. The van der Waals surface area contributed by atoms with E-state index < -0.39 is 6.17 Å². The Morgan fingerprint density at radius 1 is 0.848 bits per heavy atom. The van der Waals surface area contributed by atoms with Gasteiger partial charge in [0.05, 0.1) is 6.61 Å². The quantitative estimate of drug-likeness (QED) is 0.471. The Morgan fingerprint density at radius 2 is 1.52 bits per heavy atom. The second-order valence-electron chi connectivity index (χ2n) is 7.74. The topological polar surface area (TPSA) is 98.5 Å². The van der Waals surface area contributed by atoms with Crippen molar-refractivity contribution in [3.05, 3.63) is 90.0 Å². The van der Waals surface area contributed by atoms with Crippen LogP contribution in [0.15, 0.2) is 88.8 Å². The molecule has 0 aliphatic carbocycles. The van der Waals surface area contributed by atoms with Crippen LogP contribution in [0.4, 0.5) is 5.69 Å². The Balaban J connectivity index is 1.50. The third-order valence-electron chi connectivity index (χ3n) is 5.28. The summed E-state index contributed by atoms with van der Waals surface area (Å²) in [5.41, 5.74) is 15.1. The number of ether oxygens (including phenoxy) is 2. The van der Waals surface area contributed by atoms with Crippen molar-refractivity contribution in [2.75, 3.05) is 11.5 Å². The molecule has 33 heavy (non-hydrogen) atoms. The fraction of sp³-hybridized carbons (Fsp3) is 0.231. The van der Waals surface area contributed by atoms with E-state index in [0.29, 0.717) is 13.2 Å². The number of unbranched alkanes of at least 4 members (excludes halogenated alkanes) is 1. The number of rotatable bonds is 9. The molecule has 0 spiro atoms. The van der Waals surface area contributed by atoms with E-state index in [2.05, 4.69) is 16.9 Å². The number of benzene rings is 3. The predicted molar refractivity (Wildman–Crippen MR) is 133 cm³/mol. The van der Waals surface area contributed by atoms with Crippen molar-refractivity contribution in [3.63, 3.8) is 0 Å². The van der Waals surface area contributed by atoms with Gasteiger partial charge in [0.15, 0.2) is 6.17 Å². The largest absolute Gasteiger partial charge is 0.494 e. The van der Waals surface area contributed by atoms with Crippen molar-refractivity contribution in [1.82, 2.24) is 0 Å². The van der Waals surface area contributed by atoms with E-state index in [-0.39, 0.29) is 11.9 Å². The van der Waals surface area contributed by atoms with Crippen molar-refractivity contribution in [1.29, 1.82) is 0 Å². The van der Waals surface area contributed by atoms with Gasteiger partial charge in [-0.25, -0.2) is 4.99 Å². The van der Waals surface area contributed by atoms with Crippen molar-refractivity contribution in [2.45, 2.75) is 32.5 Å². The molecule has 4 rings (SSSR count). The molecule has 0 saturated heterocycles. The monoisotopic (exact) mass is 443 g/mol.